The van der Waals surface area contributed by atoms with Crippen molar-refractivity contribution in [3.63, 3.8) is 0 Å². The third-order valence-corrected chi connectivity index (χ3v) is 4.97. The first kappa shape index (κ1) is 19.9. The highest BCUT2D eigenvalue weighted by atomic mass is 35.5. The molecule has 2 N–H and O–H groups in total. The summed E-state index contributed by atoms with van der Waals surface area (Å²) >= 11 is 17.8. The van der Waals surface area contributed by atoms with Crippen LogP contribution in [0.15, 0.2) is 36.5 Å². The Balaban J connectivity index is 1.59. The molecule has 1 aromatic heterocycles. The monoisotopic (exact) mass is 426 g/mol. The van der Waals surface area contributed by atoms with Crippen LogP contribution in [0.4, 0.5) is 11.5 Å². The number of pyridine rings is 1. The largest absolute Gasteiger partial charge is 0.323 e. The van der Waals surface area contributed by atoms with Crippen molar-refractivity contribution in [3.8, 4) is 0 Å². The van der Waals surface area contributed by atoms with Crippen molar-refractivity contribution in [1.29, 1.82) is 0 Å². The van der Waals surface area contributed by atoms with Gasteiger partial charge in [-0.15, -0.1) is 0 Å². The molecule has 1 unspecified atom stereocenters. The summed E-state index contributed by atoms with van der Waals surface area (Å²) in [6.45, 7) is 0.755. The summed E-state index contributed by atoms with van der Waals surface area (Å²) < 4.78 is 0. The summed E-state index contributed by atoms with van der Waals surface area (Å²) in [5.41, 5.74) is 0.493. The predicted octanol–water partition coefficient (Wildman–Crippen LogP) is 4.08. The number of nitrogens with one attached hydrogen (secondary N) is 2. The second-order valence-electron chi connectivity index (χ2n) is 6.15. The molecule has 1 atom stereocenters. The van der Waals surface area contributed by atoms with E-state index in [1.165, 1.54) is 6.20 Å². The Hall–Kier alpha value is -1.86. The molecule has 0 radical (unpaired) electrons. The minimum absolute atomic E-state index is 0.0940. The fourth-order valence-electron chi connectivity index (χ4n) is 2.94. The lowest BCUT2D eigenvalue weighted by Crippen LogP contribution is -2.43. The molecule has 0 aliphatic carbocycles. The van der Waals surface area contributed by atoms with Crippen LogP contribution >= 0.6 is 34.8 Å². The van der Waals surface area contributed by atoms with Crippen LogP contribution in [-0.2, 0) is 9.59 Å². The highest BCUT2D eigenvalue weighted by Gasteiger charge is 2.32. The van der Waals surface area contributed by atoms with Gasteiger partial charge in [0, 0.05) is 11.2 Å². The smallest absolute Gasteiger partial charge is 0.241 e. The van der Waals surface area contributed by atoms with Gasteiger partial charge in [-0.05, 0) is 49.7 Å². The molecule has 0 saturated carbocycles. The Morgan fingerprint density at radius 3 is 2.59 bits per heavy atom. The number of likely N-dealkylation sites (tertiary alicyclic amines) is 1. The van der Waals surface area contributed by atoms with Crippen LogP contribution in [0.2, 0.25) is 15.1 Å². The second kappa shape index (κ2) is 8.89. The van der Waals surface area contributed by atoms with Gasteiger partial charge in [0.15, 0.2) is 0 Å². The average Bonchev–Trinajstić information content (AvgIpc) is 3.07. The fraction of sp³-hybridized carbons (Fsp3) is 0.278. The highest BCUT2D eigenvalue weighted by molar-refractivity contribution is 6.36. The lowest BCUT2D eigenvalue weighted by atomic mass is 10.2. The van der Waals surface area contributed by atoms with Crippen LogP contribution in [-0.4, -0.2) is 40.8 Å². The minimum atomic E-state index is -0.402. The first-order valence-corrected chi connectivity index (χ1v) is 9.47. The molecular weight excluding hydrogens is 411 g/mol. The van der Waals surface area contributed by atoms with Crippen molar-refractivity contribution < 1.29 is 9.59 Å². The van der Waals surface area contributed by atoms with Gasteiger partial charge in [0.2, 0.25) is 11.8 Å². The molecular formula is C18H17Cl3N4O2. The van der Waals surface area contributed by atoms with Crippen LogP contribution in [0.3, 0.4) is 0 Å². The third-order valence-electron chi connectivity index (χ3n) is 4.20. The van der Waals surface area contributed by atoms with E-state index in [9.17, 15) is 9.59 Å². The molecule has 2 aromatic rings. The highest BCUT2D eigenvalue weighted by Crippen LogP contribution is 2.27. The van der Waals surface area contributed by atoms with E-state index in [4.69, 9.17) is 34.8 Å². The number of rotatable bonds is 5. The van der Waals surface area contributed by atoms with E-state index in [0.717, 1.165) is 6.42 Å². The number of carbonyl (C=O) groups excluding carboxylic acids is 2. The summed E-state index contributed by atoms with van der Waals surface area (Å²) in [4.78, 5) is 30.8. The number of halogens is 3. The van der Waals surface area contributed by atoms with E-state index in [1.807, 2.05) is 4.90 Å². The van der Waals surface area contributed by atoms with E-state index in [0.29, 0.717) is 39.5 Å². The Bertz CT molecular complexity index is 845. The summed E-state index contributed by atoms with van der Waals surface area (Å²) in [7, 11) is 0. The summed E-state index contributed by atoms with van der Waals surface area (Å²) in [5, 5.41) is 6.86. The van der Waals surface area contributed by atoms with E-state index in [-0.39, 0.29) is 18.4 Å². The zero-order valence-corrected chi connectivity index (χ0v) is 16.5. The van der Waals surface area contributed by atoms with Gasteiger partial charge in [-0.1, -0.05) is 34.8 Å². The second-order valence-corrected chi connectivity index (χ2v) is 7.43. The van der Waals surface area contributed by atoms with Crippen molar-refractivity contribution in [1.82, 2.24) is 9.88 Å². The lowest BCUT2D eigenvalue weighted by Gasteiger charge is -2.23. The number of hydrogen-bond donors (Lipinski definition) is 2. The summed E-state index contributed by atoms with van der Waals surface area (Å²) in [6, 6.07) is 7.74. The molecule has 2 amide bonds. The van der Waals surface area contributed by atoms with Crippen molar-refractivity contribution in [2.75, 3.05) is 23.7 Å². The van der Waals surface area contributed by atoms with Gasteiger partial charge in [-0.2, -0.15) is 0 Å². The Labute approximate surface area is 171 Å². The van der Waals surface area contributed by atoms with Crippen LogP contribution in [0.1, 0.15) is 12.8 Å². The molecule has 0 bridgehead atoms. The number of carbonyl (C=O) groups is 2. The summed E-state index contributed by atoms with van der Waals surface area (Å²) in [6.07, 6.45) is 2.96. The number of benzene rings is 1. The normalized spacial score (nSPS) is 16.9. The van der Waals surface area contributed by atoms with Crippen LogP contribution in [0.5, 0.6) is 0 Å². The quantitative estimate of drug-likeness (QED) is 0.754. The van der Waals surface area contributed by atoms with E-state index >= 15 is 0 Å². The lowest BCUT2D eigenvalue weighted by molar-refractivity contribution is -0.122. The maximum atomic E-state index is 12.6. The minimum Gasteiger partial charge on any atom is -0.323 e. The predicted molar refractivity (Wildman–Crippen MR) is 108 cm³/mol. The molecule has 1 aromatic carbocycles. The first-order chi connectivity index (χ1) is 12.9. The molecule has 9 heteroatoms. The van der Waals surface area contributed by atoms with Gasteiger partial charge in [0.05, 0.1) is 28.3 Å². The van der Waals surface area contributed by atoms with Crippen LogP contribution in [0.25, 0.3) is 0 Å². The van der Waals surface area contributed by atoms with E-state index in [1.54, 1.807) is 30.3 Å². The number of aromatic nitrogens is 1. The van der Waals surface area contributed by atoms with E-state index in [2.05, 4.69) is 15.6 Å². The SMILES string of the molecule is O=C(CN1CCCC1C(=O)Nc1ccc(Cl)cc1Cl)Nc1ccc(Cl)cn1. The van der Waals surface area contributed by atoms with Crippen LogP contribution < -0.4 is 10.6 Å². The van der Waals surface area contributed by atoms with Crippen LogP contribution in [0, 0.1) is 0 Å². The molecule has 2 heterocycles. The maximum absolute atomic E-state index is 12.6. The van der Waals surface area contributed by atoms with Crippen molar-refractivity contribution in [2.45, 2.75) is 18.9 Å². The molecule has 1 aliphatic heterocycles. The molecule has 6 nitrogen and oxygen atoms in total. The average molecular weight is 428 g/mol. The van der Waals surface area contributed by atoms with Crippen molar-refractivity contribution in [2.24, 2.45) is 0 Å². The number of amides is 2. The number of nitrogens with zero attached hydrogens (tertiary/aromatic N) is 2. The van der Waals surface area contributed by atoms with E-state index < -0.39 is 6.04 Å². The summed E-state index contributed by atoms with van der Waals surface area (Å²) in [5.74, 6) is -0.0271. The molecule has 27 heavy (non-hydrogen) atoms. The standard InChI is InChI=1S/C18H17Cl3N4O2/c19-11-3-5-14(13(21)8-11)23-18(27)15-2-1-7-25(15)10-17(26)24-16-6-4-12(20)9-22-16/h3-6,8-9,15H,1-2,7,10H2,(H,23,27)(H,22,24,26). The Morgan fingerprint density at radius 1 is 1.11 bits per heavy atom. The fourth-order valence-corrected chi connectivity index (χ4v) is 3.50. The number of hydrogen-bond acceptors (Lipinski definition) is 4. The molecule has 0 spiro atoms. The molecule has 1 saturated heterocycles. The zero-order chi connectivity index (χ0) is 19.4. The third kappa shape index (κ3) is 5.32. The first-order valence-electron chi connectivity index (χ1n) is 8.34. The zero-order valence-electron chi connectivity index (χ0n) is 14.2. The molecule has 1 fully saturated rings. The molecule has 3 rings (SSSR count). The molecule has 142 valence electrons. The van der Waals surface area contributed by atoms with Gasteiger partial charge < -0.3 is 10.6 Å². The van der Waals surface area contributed by atoms with Gasteiger partial charge in [-0.3, -0.25) is 14.5 Å². The molecule has 1 aliphatic rings. The van der Waals surface area contributed by atoms with Gasteiger partial charge >= 0.3 is 0 Å². The number of anilines is 2. The Kier molecular flexibility index (Phi) is 6.55. The van der Waals surface area contributed by atoms with Crippen molar-refractivity contribution in [3.05, 3.63) is 51.6 Å². The maximum Gasteiger partial charge on any atom is 0.241 e. The van der Waals surface area contributed by atoms with Gasteiger partial charge in [-0.25, -0.2) is 4.98 Å². The van der Waals surface area contributed by atoms with Crippen molar-refractivity contribution >= 4 is 58.1 Å². The Morgan fingerprint density at radius 2 is 1.89 bits per heavy atom. The van der Waals surface area contributed by atoms with Gasteiger partial charge in [0.1, 0.15) is 5.82 Å². The van der Waals surface area contributed by atoms with Gasteiger partial charge in [0.25, 0.3) is 0 Å². The topological polar surface area (TPSA) is 74.3 Å².